The van der Waals surface area contributed by atoms with Crippen molar-refractivity contribution >= 4 is 56.5 Å². The Morgan fingerprint density at radius 1 is 1.22 bits per heavy atom. The summed E-state index contributed by atoms with van der Waals surface area (Å²) in [5.74, 6) is -0.228. The van der Waals surface area contributed by atoms with Crippen LogP contribution in [0.15, 0.2) is 51.8 Å². The fraction of sp³-hybridized carbons (Fsp3) is 0.0588. The van der Waals surface area contributed by atoms with Crippen molar-refractivity contribution in [3.8, 4) is 0 Å². The molecule has 0 radical (unpaired) electrons. The van der Waals surface area contributed by atoms with Crippen LogP contribution in [0.25, 0.3) is 11.8 Å². The number of thiophene rings is 1. The van der Waals surface area contributed by atoms with E-state index in [1.54, 1.807) is 11.3 Å². The van der Waals surface area contributed by atoms with Gasteiger partial charge in [0.1, 0.15) is 0 Å². The minimum atomic E-state index is -0.115. The molecule has 2 N–H and O–H groups in total. The lowest BCUT2D eigenvalue weighted by Gasteiger charge is -2.05. The first-order chi connectivity index (χ1) is 11.0. The molecule has 0 spiro atoms. The molecule has 6 heteroatoms. The molecule has 2 amide bonds. The standard InChI is InChI=1S/C17H13BrN2O2S/c1-10(21)19-13-4-2-11(3-5-13)15-9-12(17(22)20-15)8-14-6-7-16(18)23-14/h2-9H,1H3,(H,19,21)(H,20,22). The molecule has 1 aliphatic heterocycles. The molecule has 1 aromatic heterocycles. The van der Waals surface area contributed by atoms with Crippen molar-refractivity contribution in [3.05, 3.63) is 62.3 Å². The Morgan fingerprint density at radius 2 is 1.96 bits per heavy atom. The highest BCUT2D eigenvalue weighted by molar-refractivity contribution is 9.11. The molecule has 0 saturated heterocycles. The zero-order valence-corrected chi connectivity index (χ0v) is 14.6. The second-order valence-electron chi connectivity index (χ2n) is 5.01. The first-order valence-corrected chi connectivity index (χ1v) is 8.50. The number of rotatable bonds is 3. The van der Waals surface area contributed by atoms with E-state index in [1.807, 2.05) is 48.6 Å². The minimum absolute atomic E-state index is 0.113. The van der Waals surface area contributed by atoms with Crippen LogP contribution in [-0.2, 0) is 9.59 Å². The highest BCUT2D eigenvalue weighted by Crippen LogP contribution is 2.27. The van der Waals surface area contributed by atoms with Gasteiger partial charge in [-0.15, -0.1) is 11.3 Å². The van der Waals surface area contributed by atoms with Gasteiger partial charge >= 0.3 is 0 Å². The Bertz CT molecular complexity index is 835. The molecule has 2 heterocycles. The van der Waals surface area contributed by atoms with Gasteiger partial charge in [0.05, 0.1) is 3.79 Å². The largest absolute Gasteiger partial charge is 0.326 e. The number of halogens is 1. The summed E-state index contributed by atoms with van der Waals surface area (Å²) < 4.78 is 1.03. The zero-order chi connectivity index (χ0) is 16.4. The van der Waals surface area contributed by atoms with Crippen LogP contribution in [0.2, 0.25) is 0 Å². The van der Waals surface area contributed by atoms with Crippen molar-refractivity contribution in [2.24, 2.45) is 0 Å². The van der Waals surface area contributed by atoms with Crippen LogP contribution < -0.4 is 10.6 Å². The van der Waals surface area contributed by atoms with Crippen molar-refractivity contribution in [2.75, 3.05) is 5.32 Å². The van der Waals surface area contributed by atoms with E-state index in [2.05, 4.69) is 26.6 Å². The van der Waals surface area contributed by atoms with Crippen LogP contribution in [0.1, 0.15) is 17.4 Å². The molecule has 0 unspecified atom stereocenters. The summed E-state index contributed by atoms with van der Waals surface area (Å²) in [7, 11) is 0. The number of carbonyl (C=O) groups excluding carboxylic acids is 2. The number of carbonyl (C=O) groups is 2. The smallest absolute Gasteiger partial charge is 0.255 e. The predicted molar refractivity (Wildman–Crippen MR) is 96.9 cm³/mol. The fourth-order valence-corrected chi connectivity index (χ4v) is 3.59. The maximum atomic E-state index is 12.1. The van der Waals surface area contributed by atoms with Gasteiger partial charge in [-0.2, -0.15) is 0 Å². The van der Waals surface area contributed by atoms with Gasteiger partial charge in [-0.1, -0.05) is 12.1 Å². The first-order valence-electron chi connectivity index (χ1n) is 6.89. The van der Waals surface area contributed by atoms with Gasteiger partial charge in [0, 0.05) is 28.8 Å². The molecule has 0 saturated carbocycles. The van der Waals surface area contributed by atoms with Crippen molar-refractivity contribution in [1.82, 2.24) is 5.32 Å². The molecule has 2 aromatic rings. The molecule has 0 atom stereocenters. The summed E-state index contributed by atoms with van der Waals surface area (Å²) in [6, 6.07) is 11.3. The average molecular weight is 389 g/mol. The predicted octanol–water partition coefficient (Wildman–Crippen LogP) is 4.02. The maximum absolute atomic E-state index is 12.1. The van der Waals surface area contributed by atoms with Gasteiger partial charge < -0.3 is 10.6 Å². The molecule has 0 fully saturated rings. The molecule has 1 aromatic carbocycles. The summed E-state index contributed by atoms with van der Waals surface area (Å²) >= 11 is 4.98. The molecule has 1 aliphatic rings. The third-order valence-electron chi connectivity index (χ3n) is 3.22. The summed E-state index contributed by atoms with van der Waals surface area (Å²) in [5.41, 5.74) is 3.00. The van der Waals surface area contributed by atoms with Gasteiger partial charge in [0.15, 0.2) is 0 Å². The number of benzene rings is 1. The lowest BCUT2D eigenvalue weighted by molar-refractivity contribution is -0.116. The van der Waals surface area contributed by atoms with Gasteiger partial charge in [-0.25, -0.2) is 0 Å². The van der Waals surface area contributed by atoms with Gasteiger partial charge in [-0.05, 0) is 57.9 Å². The van der Waals surface area contributed by atoms with Gasteiger partial charge in [0.25, 0.3) is 5.91 Å². The quantitative estimate of drug-likeness (QED) is 0.779. The summed E-state index contributed by atoms with van der Waals surface area (Å²) in [5, 5.41) is 5.58. The molecular weight excluding hydrogens is 376 g/mol. The van der Waals surface area contributed by atoms with Crippen LogP contribution in [-0.4, -0.2) is 11.8 Å². The second-order valence-corrected chi connectivity index (χ2v) is 7.51. The Labute approximate surface area is 146 Å². The van der Waals surface area contributed by atoms with Gasteiger partial charge in [0.2, 0.25) is 5.91 Å². The monoisotopic (exact) mass is 388 g/mol. The van der Waals surface area contributed by atoms with E-state index in [0.29, 0.717) is 5.57 Å². The topological polar surface area (TPSA) is 58.2 Å². The Kier molecular flexibility index (Phi) is 4.45. The number of anilines is 1. The van der Waals surface area contributed by atoms with E-state index < -0.39 is 0 Å². The maximum Gasteiger partial charge on any atom is 0.255 e. The fourth-order valence-electron chi connectivity index (χ4n) is 2.21. The number of hydrogen-bond donors (Lipinski definition) is 2. The average Bonchev–Trinajstić information content (AvgIpc) is 3.06. The van der Waals surface area contributed by atoms with Gasteiger partial charge in [-0.3, -0.25) is 9.59 Å². The van der Waals surface area contributed by atoms with E-state index in [-0.39, 0.29) is 11.8 Å². The molecule has 23 heavy (non-hydrogen) atoms. The highest BCUT2D eigenvalue weighted by Gasteiger charge is 2.19. The third-order valence-corrected chi connectivity index (χ3v) is 4.79. The Balaban J connectivity index is 1.83. The third kappa shape index (κ3) is 3.78. The summed E-state index contributed by atoms with van der Waals surface area (Å²) in [4.78, 5) is 24.1. The molecule has 0 bridgehead atoms. The Hall–Kier alpha value is -2.18. The second kappa shape index (κ2) is 6.52. The van der Waals surface area contributed by atoms with E-state index in [1.165, 1.54) is 6.92 Å². The molecule has 116 valence electrons. The highest BCUT2D eigenvalue weighted by atomic mass is 79.9. The van der Waals surface area contributed by atoms with E-state index in [0.717, 1.165) is 25.6 Å². The SMILES string of the molecule is CC(=O)Nc1ccc(C2=CC(=Cc3ccc(Br)s3)C(=O)N2)cc1. The van der Waals surface area contributed by atoms with E-state index in [4.69, 9.17) is 0 Å². The van der Waals surface area contributed by atoms with Crippen molar-refractivity contribution in [3.63, 3.8) is 0 Å². The molecule has 0 aliphatic carbocycles. The normalized spacial score (nSPS) is 15.5. The number of hydrogen-bond acceptors (Lipinski definition) is 3. The van der Waals surface area contributed by atoms with Crippen molar-refractivity contribution in [1.29, 1.82) is 0 Å². The molecular formula is C17H13BrN2O2S. The number of nitrogens with one attached hydrogen (secondary N) is 2. The van der Waals surface area contributed by atoms with E-state index >= 15 is 0 Å². The summed E-state index contributed by atoms with van der Waals surface area (Å²) in [6.45, 7) is 1.47. The van der Waals surface area contributed by atoms with Crippen molar-refractivity contribution in [2.45, 2.75) is 6.92 Å². The van der Waals surface area contributed by atoms with Crippen LogP contribution in [0, 0.1) is 0 Å². The first kappa shape index (κ1) is 15.7. The van der Waals surface area contributed by atoms with Crippen molar-refractivity contribution < 1.29 is 9.59 Å². The Morgan fingerprint density at radius 3 is 2.57 bits per heavy atom. The van der Waals surface area contributed by atoms with Crippen LogP contribution in [0.4, 0.5) is 5.69 Å². The molecule has 3 rings (SSSR count). The minimum Gasteiger partial charge on any atom is -0.326 e. The molecule has 4 nitrogen and oxygen atoms in total. The van der Waals surface area contributed by atoms with Crippen LogP contribution in [0.5, 0.6) is 0 Å². The van der Waals surface area contributed by atoms with Crippen LogP contribution >= 0.6 is 27.3 Å². The number of amides is 2. The van der Waals surface area contributed by atoms with Crippen LogP contribution in [0.3, 0.4) is 0 Å². The summed E-state index contributed by atoms with van der Waals surface area (Å²) in [6.07, 6.45) is 3.70. The lowest BCUT2D eigenvalue weighted by Crippen LogP contribution is -2.15. The lowest BCUT2D eigenvalue weighted by atomic mass is 10.1. The van der Waals surface area contributed by atoms with E-state index in [9.17, 15) is 9.59 Å². The zero-order valence-electron chi connectivity index (χ0n) is 12.2.